The van der Waals surface area contributed by atoms with Crippen molar-refractivity contribution in [1.29, 1.82) is 0 Å². The lowest BCUT2D eigenvalue weighted by atomic mass is 10.1. The highest BCUT2D eigenvalue weighted by Gasteiger charge is 2.23. The molecule has 3 heterocycles. The maximum absolute atomic E-state index is 13.7. The Balaban J connectivity index is 1.49. The average molecular weight is 467 g/mol. The van der Waals surface area contributed by atoms with Crippen molar-refractivity contribution >= 4 is 33.3 Å². The van der Waals surface area contributed by atoms with Gasteiger partial charge >= 0.3 is 0 Å². The summed E-state index contributed by atoms with van der Waals surface area (Å²) in [5, 5.41) is 9.95. The molecular formula is C24H26N4O2S2. The molecule has 166 valence electrons. The van der Waals surface area contributed by atoms with E-state index in [2.05, 4.69) is 24.0 Å². The van der Waals surface area contributed by atoms with Gasteiger partial charge in [0.1, 0.15) is 4.83 Å². The summed E-state index contributed by atoms with van der Waals surface area (Å²) in [5.41, 5.74) is 2.24. The molecule has 0 radical (unpaired) electrons. The quantitative estimate of drug-likeness (QED) is 0.196. The van der Waals surface area contributed by atoms with E-state index in [1.54, 1.807) is 11.3 Å². The van der Waals surface area contributed by atoms with E-state index in [0.29, 0.717) is 17.5 Å². The van der Waals surface area contributed by atoms with Gasteiger partial charge < -0.3 is 4.42 Å². The van der Waals surface area contributed by atoms with Gasteiger partial charge in [-0.15, -0.1) is 21.5 Å². The van der Waals surface area contributed by atoms with Crippen molar-refractivity contribution in [2.75, 3.05) is 0 Å². The zero-order valence-corrected chi connectivity index (χ0v) is 20.0. The molecule has 1 aliphatic rings. The monoisotopic (exact) mass is 466 g/mol. The first-order valence-electron chi connectivity index (χ1n) is 11.2. The Morgan fingerprint density at radius 1 is 1.16 bits per heavy atom. The molecule has 0 spiro atoms. The minimum absolute atomic E-state index is 0.0748. The zero-order chi connectivity index (χ0) is 22.1. The van der Waals surface area contributed by atoms with Crippen molar-refractivity contribution in [3.8, 4) is 11.5 Å². The molecule has 32 heavy (non-hydrogen) atoms. The Bertz CT molecular complexity index is 1290. The van der Waals surface area contributed by atoms with Gasteiger partial charge in [0.05, 0.1) is 11.1 Å². The van der Waals surface area contributed by atoms with Crippen LogP contribution in [0.5, 0.6) is 0 Å². The largest absolute Gasteiger partial charge is 0.420 e. The van der Waals surface area contributed by atoms with Crippen LogP contribution in [0.3, 0.4) is 0 Å². The van der Waals surface area contributed by atoms with Gasteiger partial charge in [-0.05, 0) is 56.7 Å². The molecule has 0 N–H and O–H groups in total. The smallest absolute Gasteiger partial charge is 0.263 e. The number of aryl methyl sites for hydroxylation is 2. The molecule has 1 aromatic carbocycles. The standard InChI is InChI=1S/C24H26N4O2S2/c1-3-15(2)28-23(29)20-17-12-8-5-9-13-18(17)32-22(20)25-24(28)31-14-19-26-27-21(30-19)16-10-6-4-7-11-16/h4,6-7,10-11,15H,3,5,8-9,12-14H2,1-2H3. The van der Waals surface area contributed by atoms with E-state index < -0.39 is 0 Å². The second-order valence-electron chi connectivity index (χ2n) is 8.23. The molecule has 0 saturated carbocycles. The number of aromatic nitrogens is 4. The van der Waals surface area contributed by atoms with Crippen LogP contribution in [-0.4, -0.2) is 19.7 Å². The van der Waals surface area contributed by atoms with Crippen LogP contribution in [0, 0.1) is 0 Å². The van der Waals surface area contributed by atoms with E-state index in [9.17, 15) is 4.79 Å². The molecule has 0 aliphatic heterocycles. The van der Waals surface area contributed by atoms with E-state index in [1.165, 1.54) is 35.0 Å². The third-order valence-corrected chi connectivity index (χ3v) is 8.21. The van der Waals surface area contributed by atoms with Gasteiger partial charge in [-0.1, -0.05) is 43.3 Å². The van der Waals surface area contributed by atoms with Gasteiger partial charge in [0.15, 0.2) is 5.16 Å². The lowest BCUT2D eigenvalue weighted by molar-refractivity contribution is 0.467. The molecule has 3 aromatic heterocycles. The van der Waals surface area contributed by atoms with Crippen LogP contribution in [0.2, 0.25) is 0 Å². The van der Waals surface area contributed by atoms with Crippen molar-refractivity contribution in [1.82, 2.24) is 19.7 Å². The zero-order valence-electron chi connectivity index (χ0n) is 18.3. The van der Waals surface area contributed by atoms with Crippen LogP contribution in [0.1, 0.15) is 61.9 Å². The van der Waals surface area contributed by atoms with Crippen LogP contribution in [0.25, 0.3) is 21.7 Å². The van der Waals surface area contributed by atoms with Crippen molar-refractivity contribution in [3.63, 3.8) is 0 Å². The van der Waals surface area contributed by atoms with E-state index in [0.717, 1.165) is 46.6 Å². The minimum atomic E-state index is 0.0748. The Morgan fingerprint density at radius 2 is 1.97 bits per heavy atom. The normalized spacial score (nSPS) is 14.9. The maximum Gasteiger partial charge on any atom is 0.263 e. The molecule has 0 saturated heterocycles. The molecule has 1 atom stereocenters. The van der Waals surface area contributed by atoms with E-state index in [1.807, 2.05) is 34.9 Å². The maximum atomic E-state index is 13.7. The number of rotatable bonds is 6. The van der Waals surface area contributed by atoms with Crippen molar-refractivity contribution in [2.24, 2.45) is 0 Å². The highest BCUT2D eigenvalue weighted by molar-refractivity contribution is 7.98. The molecule has 1 unspecified atom stereocenters. The molecule has 0 amide bonds. The fourth-order valence-electron chi connectivity index (χ4n) is 4.18. The number of nitrogens with zero attached hydrogens (tertiary/aromatic N) is 4. The van der Waals surface area contributed by atoms with Crippen LogP contribution in [0.4, 0.5) is 0 Å². The molecule has 0 bridgehead atoms. The van der Waals surface area contributed by atoms with Crippen LogP contribution < -0.4 is 5.56 Å². The Hall–Kier alpha value is -2.45. The van der Waals surface area contributed by atoms with Crippen LogP contribution in [0.15, 0.2) is 44.7 Å². The molecule has 0 fully saturated rings. The molecule has 6 nitrogen and oxygen atoms in total. The van der Waals surface area contributed by atoms with Crippen molar-refractivity contribution in [2.45, 2.75) is 69.3 Å². The highest BCUT2D eigenvalue weighted by atomic mass is 32.2. The Kier molecular flexibility index (Phi) is 6.15. The SMILES string of the molecule is CCC(C)n1c(SCc2nnc(-c3ccccc3)o2)nc2sc3c(c2c1=O)CCCCC3. The van der Waals surface area contributed by atoms with Crippen molar-refractivity contribution in [3.05, 3.63) is 57.0 Å². The third-order valence-electron chi connectivity index (χ3n) is 6.08. The fraction of sp³-hybridized carbons (Fsp3) is 0.417. The van der Waals surface area contributed by atoms with E-state index >= 15 is 0 Å². The number of benzene rings is 1. The lowest BCUT2D eigenvalue weighted by Gasteiger charge is -2.17. The molecule has 1 aliphatic carbocycles. The Morgan fingerprint density at radius 3 is 2.78 bits per heavy atom. The van der Waals surface area contributed by atoms with Gasteiger partial charge in [0.2, 0.25) is 11.8 Å². The summed E-state index contributed by atoms with van der Waals surface area (Å²) in [6, 6.07) is 9.81. The van der Waals surface area contributed by atoms with E-state index in [-0.39, 0.29) is 11.6 Å². The average Bonchev–Trinajstić information content (AvgIpc) is 3.36. The second-order valence-corrected chi connectivity index (χ2v) is 10.3. The summed E-state index contributed by atoms with van der Waals surface area (Å²) in [7, 11) is 0. The minimum Gasteiger partial charge on any atom is -0.420 e. The van der Waals surface area contributed by atoms with Gasteiger partial charge in [-0.3, -0.25) is 9.36 Å². The first kappa shape index (κ1) is 21.4. The fourth-order valence-corrected chi connectivity index (χ4v) is 6.42. The number of thiophene rings is 1. The number of hydrogen-bond donors (Lipinski definition) is 0. The Labute approximate surface area is 195 Å². The first-order chi connectivity index (χ1) is 15.7. The second kappa shape index (κ2) is 9.19. The number of fused-ring (bicyclic) bond motifs is 3. The topological polar surface area (TPSA) is 73.8 Å². The first-order valence-corrected chi connectivity index (χ1v) is 13.0. The highest BCUT2D eigenvalue weighted by Crippen LogP contribution is 2.35. The van der Waals surface area contributed by atoms with Crippen LogP contribution in [-0.2, 0) is 18.6 Å². The number of hydrogen-bond acceptors (Lipinski definition) is 7. The summed E-state index contributed by atoms with van der Waals surface area (Å²) < 4.78 is 7.73. The van der Waals surface area contributed by atoms with Gasteiger partial charge in [0.25, 0.3) is 5.56 Å². The summed E-state index contributed by atoms with van der Waals surface area (Å²) in [4.78, 5) is 20.9. The van der Waals surface area contributed by atoms with Gasteiger partial charge in [-0.2, -0.15) is 0 Å². The predicted octanol–water partition coefficient (Wildman–Crippen LogP) is 6.04. The molecular weight excluding hydrogens is 440 g/mol. The molecule has 5 rings (SSSR count). The molecule has 8 heteroatoms. The summed E-state index contributed by atoms with van der Waals surface area (Å²) in [6.45, 7) is 4.19. The van der Waals surface area contributed by atoms with E-state index in [4.69, 9.17) is 9.40 Å². The predicted molar refractivity (Wildman–Crippen MR) is 129 cm³/mol. The number of thioether (sulfide) groups is 1. The van der Waals surface area contributed by atoms with Gasteiger partial charge in [0, 0.05) is 16.5 Å². The summed E-state index contributed by atoms with van der Waals surface area (Å²) in [5.74, 6) is 1.51. The summed E-state index contributed by atoms with van der Waals surface area (Å²) in [6.07, 6.45) is 6.50. The lowest BCUT2D eigenvalue weighted by Crippen LogP contribution is -2.26. The van der Waals surface area contributed by atoms with Crippen LogP contribution >= 0.6 is 23.1 Å². The third kappa shape index (κ3) is 4.01. The van der Waals surface area contributed by atoms with Gasteiger partial charge in [-0.25, -0.2) is 4.98 Å². The summed E-state index contributed by atoms with van der Waals surface area (Å²) >= 11 is 3.20. The van der Waals surface area contributed by atoms with Crippen molar-refractivity contribution < 1.29 is 4.42 Å². The molecule has 4 aromatic rings.